The van der Waals surface area contributed by atoms with Crippen molar-refractivity contribution in [2.24, 2.45) is 0 Å². The Kier molecular flexibility index (Phi) is 7.00. The zero-order valence-corrected chi connectivity index (χ0v) is 19.3. The molecule has 0 radical (unpaired) electrons. The summed E-state index contributed by atoms with van der Waals surface area (Å²) in [5.41, 5.74) is 4.37. The van der Waals surface area contributed by atoms with Gasteiger partial charge < -0.3 is 24.3 Å². The number of H-pyrrole nitrogens is 1. The van der Waals surface area contributed by atoms with Crippen LogP contribution in [0.3, 0.4) is 0 Å². The SMILES string of the molecule is COc1cc2c(cc1OC)C(=O)N(CCCN(C)CCCc1c[nH]c3ccccc13)CC2. The third kappa shape index (κ3) is 4.75. The van der Waals surface area contributed by atoms with Crippen molar-refractivity contribution >= 4 is 16.8 Å². The number of hydrogen-bond donors (Lipinski definition) is 1. The molecule has 0 spiro atoms. The molecule has 0 unspecified atom stereocenters. The molecule has 3 aromatic rings. The first-order valence-corrected chi connectivity index (χ1v) is 11.4. The minimum absolute atomic E-state index is 0.0918. The van der Waals surface area contributed by atoms with Crippen molar-refractivity contribution in [1.82, 2.24) is 14.8 Å². The Balaban J connectivity index is 1.23. The van der Waals surface area contributed by atoms with Gasteiger partial charge in [-0.25, -0.2) is 0 Å². The molecular formula is C26H33N3O3. The molecule has 6 heteroatoms. The van der Waals surface area contributed by atoms with Gasteiger partial charge in [-0.1, -0.05) is 18.2 Å². The number of rotatable bonds is 10. The van der Waals surface area contributed by atoms with Gasteiger partial charge >= 0.3 is 0 Å². The number of hydrogen-bond acceptors (Lipinski definition) is 4. The molecule has 170 valence electrons. The lowest BCUT2D eigenvalue weighted by Gasteiger charge is -2.30. The molecule has 0 saturated heterocycles. The highest BCUT2D eigenvalue weighted by Gasteiger charge is 2.26. The molecule has 0 saturated carbocycles. The number of aryl methyl sites for hydroxylation is 1. The van der Waals surface area contributed by atoms with Crippen LogP contribution in [-0.2, 0) is 12.8 Å². The molecule has 2 aromatic carbocycles. The van der Waals surface area contributed by atoms with E-state index in [1.54, 1.807) is 14.2 Å². The molecule has 0 atom stereocenters. The summed E-state index contributed by atoms with van der Waals surface area (Å²) in [7, 11) is 5.39. The first kappa shape index (κ1) is 22.2. The van der Waals surface area contributed by atoms with Gasteiger partial charge in [0.25, 0.3) is 5.91 Å². The number of amides is 1. The van der Waals surface area contributed by atoms with Gasteiger partial charge in [-0.05, 0) is 75.1 Å². The number of fused-ring (bicyclic) bond motifs is 2. The summed E-state index contributed by atoms with van der Waals surface area (Å²) in [6.07, 6.45) is 6.14. The van der Waals surface area contributed by atoms with E-state index in [2.05, 4.69) is 47.4 Å². The number of ether oxygens (including phenoxy) is 2. The van der Waals surface area contributed by atoms with Crippen LogP contribution in [0, 0.1) is 0 Å². The topological polar surface area (TPSA) is 57.8 Å². The molecule has 0 fully saturated rings. The highest BCUT2D eigenvalue weighted by atomic mass is 16.5. The molecule has 32 heavy (non-hydrogen) atoms. The van der Waals surface area contributed by atoms with Gasteiger partial charge in [0.15, 0.2) is 11.5 Å². The standard InChI is InChI=1S/C26H33N3O3/c1-28(12-6-8-20-18-27-23-10-5-4-9-21(20)23)13-7-14-29-15-11-19-16-24(31-2)25(32-3)17-22(19)26(29)30/h4-5,9-10,16-18,27H,6-8,11-15H2,1-3H3. The van der Waals surface area contributed by atoms with E-state index in [-0.39, 0.29) is 5.91 Å². The molecule has 1 amide bonds. The second kappa shape index (κ2) is 10.1. The number of nitrogens with zero attached hydrogens (tertiary/aromatic N) is 2. The molecular weight excluding hydrogens is 402 g/mol. The van der Waals surface area contributed by atoms with Crippen LogP contribution in [0.25, 0.3) is 10.9 Å². The summed E-state index contributed by atoms with van der Waals surface area (Å²) < 4.78 is 10.8. The van der Waals surface area contributed by atoms with E-state index < -0.39 is 0 Å². The Labute approximate surface area is 190 Å². The molecule has 6 nitrogen and oxygen atoms in total. The summed E-state index contributed by atoms with van der Waals surface area (Å²) in [6, 6.07) is 12.2. The van der Waals surface area contributed by atoms with Crippen molar-refractivity contribution in [2.75, 3.05) is 47.4 Å². The van der Waals surface area contributed by atoms with E-state index in [1.807, 2.05) is 17.0 Å². The maximum atomic E-state index is 13.0. The van der Waals surface area contributed by atoms with Crippen LogP contribution in [0.15, 0.2) is 42.6 Å². The van der Waals surface area contributed by atoms with Crippen molar-refractivity contribution in [3.8, 4) is 11.5 Å². The van der Waals surface area contributed by atoms with E-state index >= 15 is 0 Å². The first-order valence-electron chi connectivity index (χ1n) is 11.4. The van der Waals surface area contributed by atoms with Crippen molar-refractivity contribution in [3.05, 3.63) is 59.3 Å². The Morgan fingerprint density at radius 1 is 1.06 bits per heavy atom. The normalized spacial score (nSPS) is 13.6. The predicted molar refractivity (Wildman–Crippen MR) is 128 cm³/mol. The van der Waals surface area contributed by atoms with E-state index in [0.29, 0.717) is 11.5 Å². The van der Waals surface area contributed by atoms with Gasteiger partial charge in [-0.3, -0.25) is 4.79 Å². The summed E-state index contributed by atoms with van der Waals surface area (Å²) in [5.74, 6) is 1.38. The lowest BCUT2D eigenvalue weighted by molar-refractivity contribution is 0.0732. The lowest BCUT2D eigenvalue weighted by Crippen LogP contribution is -2.39. The van der Waals surface area contributed by atoms with Crippen LogP contribution in [-0.4, -0.2) is 68.1 Å². The summed E-state index contributed by atoms with van der Waals surface area (Å²) in [6.45, 7) is 3.56. The predicted octanol–water partition coefficient (Wildman–Crippen LogP) is 4.14. The quantitative estimate of drug-likeness (QED) is 0.520. The molecule has 1 N–H and O–H groups in total. The molecule has 0 bridgehead atoms. The van der Waals surface area contributed by atoms with Crippen LogP contribution in [0.5, 0.6) is 11.5 Å². The summed E-state index contributed by atoms with van der Waals surface area (Å²) in [4.78, 5) is 20.7. The molecule has 1 aliphatic heterocycles. The highest BCUT2D eigenvalue weighted by molar-refractivity contribution is 5.97. The highest BCUT2D eigenvalue weighted by Crippen LogP contribution is 2.33. The molecule has 0 aliphatic carbocycles. The summed E-state index contributed by atoms with van der Waals surface area (Å²) >= 11 is 0. The Morgan fingerprint density at radius 3 is 2.62 bits per heavy atom. The van der Waals surface area contributed by atoms with Crippen LogP contribution >= 0.6 is 0 Å². The fraction of sp³-hybridized carbons (Fsp3) is 0.423. The molecule has 4 rings (SSSR count). The van der Waals surface area contributed by atoms with Gasteiger partial charge in [-0.15, -0.1) is 0 Å². The van der Waals surface area contributed by atoms with Crippen LogP contribution in [0.1, 0.15) is 34.3 Å². The Hall–Kier alpha value is -2.99. The number of nitrogens with one attached hydrogen (secondary N) is 1. The first-order chi connectivity index (χ1) is 15.6. The third-order valence-electron chi connectivity index (χ3n) is 6.41. The lowest BCUT2D eigenvalue weighted by atomic mass is 9.98. The number of para-hydroxylation sites is 1. The number of carbonyl (C=O) groups is 1. The van der Waals surface area contributed by atoms with Crippen LogP contribution in [0.2, 0.25) is 0 Å². The summed E-state index contributed by atoms with van der Waals surface area (Å²) in [5, 5.41) is 1.33. The molecule has 1 aromatic heterocycles. The van der Waals surface area contributed by atoms with E-state index in [0.717, 1.165) is 63.0 Å². The Bertz CT molecular complexity index is 1080. The zero-order chi connectivity index (χ0) is 22.5. The van der Waals surface area contributed by atoms with Gasteiger partial charge in [0.1, 0.15) is 0 Å². The van der Waals surface area contributed by atoms with E-state index in [1.165, 1.54) is 16.5 Å². The smallest absolute Gasteiger partial charge is 0.254 e. The number of methoxy groups -OCH3 is 2. The van der Waals surface area contributed by atoms with Crippen molar-refractivity contribution < 1.29 is 14.3 Å². The van der Waals surface area contributed by atoms with Gasteiger partial charge in [0.2, 0.25) is 0 Å². The maximum Gasteiger partial charge on any atom is 0.254 e. The minimum Gasteiger partial charge on any atom is -0.493 e. The number of aromatic amines is 1. The number of carbonyl (C=O) groups excluding carboxylic acids is 1. The van der Waals surface area contributed by atoms with Crippen LogP contribution < -0.4 is 9.47 Å². The van der Waals surface area contributed by atoms with Gasteiger partial charge in [0, 0.05) is 35.8 Å². The zero-order valence-electron chi connectivity index (χ0n) is 19.3. The fourth-order valence-electron chi connectivity index (χ4n) is 4.59. The maximum absolute atomic E-state index is 13.0. The third-order valence-corrected chi connectivity index (χ3v) is 6.41. The molecule has 1 aliphatic rings. The van der Waals surface area contributed by atoms with Crippen molar-refractivity contribution in [1.29, 1.82) is 0 Å². The fourth-order valence-corrected chi connectivity index (χ4v) is 4.59. The van der Waals surface area contributed by atoms with Gasteiger partial charge in [0.05, 0.1) is 14.2 Å². The average molecular weight is 436 g/mol. The largest absolute Gasteiger partial charge is 0.493 e. The van der Waals surface area contributed by atoms with Crippen LogP contribution in [0.4, 0.5) is 0 Å². The van der Waals surface area contributed by atoms with Crippen molar-refractivity contribution in [3.63, 3.8) is 0 Å². The molecule has 2 heterocycles. The van der Waals surface area contributed by atoms with Crippen molar-refractivity contribution in [2.45, 2.75) is 25.7 Å². The van der Waals surface area contributed by atoms with Gasteiger partial charge in [-0.2, -0.15) is 0 Å². The number of benzene rings is 2. The average Bonchev–Trinajstić information content (AvgIpc) is 3.23. The minimum atomic E-state index is 0.0918. The van der Waals surface area contributed by atoms with E-state index in [9.17, 15) is 4.79 Å². The Morgan fingerprint density at radius 2 is 1.81 bits per heavy atom. The monoisotopic (exact) mass is 435 g/mol. The number of aromatic nitrogens is 1. The second-order valence-electron chi connectivity index (χ2n) is 8.53. The van der Waals surface area contributed by atoms with E-state index in [4.69, 9.17) is 9.47 Å². The second-order valence-corrected chi connectivity index (χ2v) is 8.53.